The number of rotatable bonds is 8. The lowest BCUT2D eigenvalue weighted by Crippen LogP contribution is -2.15. The van der Waals surface area contributed by atoms with Crippen molar-refractivity contribution in [1.82, 2.24) is 14.8 Å². The van der Waals surface area contributed by atoms with E-state index in [1.54, 1.807) is 36.4 Å². The van der Waals surface area contributed by atoms with Gasteiger partial charge in [0.2, 0.25) is 5.91 Å². The maximum Gasteiger partial charge on any atom is 0.234 e. The minimum Gasteiger partial charge on any atom is -0.495 e. The first-order chi connectivity index (χ1) is 14.4. The standard InChI is InChI=1S/C21H22ClFN4O2S/c1-13(2)11-27-20(15-6-4-5-7-17(15)23)25-26-21(27)30-12-19(28)24-14-8-9-18(29-3)16(22)10-14/h4-10,13H,11-12H2,1-3H3,(H,24,28). The summed E-state index contributed by atoms with van der Waals surface area (Å²) in [4.78, 5) is 12.4. The molecule has 0 unspecified atom stereocenters. The lowest BCUT2D eigenvalue weighted by molar-refractivity contribution is -0.113. The maximum atomic E-state index is 14.3. The highest BCUT2D eigenvalue weighted by Crippen LogP contribution is 2.29. The number of hydrogen-bond acceptors (Lipinski definition) is 5. The van der Waals surface area contributed by atoms with Gasteiger partial charge in [-0.25, -0.2) is 4.39 Å². The van der Waals surface area contributed by atoms with Crippen LogP contribution >= 0.6 is 23.4 Å². The number of methoxy groups -OCH3 is 1. The third-order valence-corrected chi connectivity index (χ3v) is 5.41. The third kappa shape index (κ3) is 5.31. The van der Waals surface area contributed by atoms with Crippen LogP contribution in [0.5, 0.6) is 5.75 Å². The van der Waals surface area contributed by atoms with E-state index in [9.17, 15) is 9.18 Å². The lowest BCUT2D eigenvalue weighted by atomic mass is 10.2. The fourth-order valence-corrected chi connectivity index (χ4v) is 3.84. The van der Waals surface area contributed by atoms with Crippen LogP contribution < -0.4 is 10.1 Å². The molecule has 0 saturated heterocycles. The number of carbonyl (C=O) groups excluding carboxylic acids is 1. The van der Waals surface area contributed by atoms with Crippen molar-refractivity contribution < 1.29 is 13.9 Å². The van der Waals surface area contributed by atoms with E-state index in [4.69, 9.17) is 16.3 Å². The molecule has 0 aliphatic rings. The van der Waals surface area contributed by atoms with Crippen LogP contribution in [0.3, 0.4) is 0 Å². The molecule has 9 heteroatoms. The van der Waals surface area contributed by atoms with Crippen molar-refractivity contribution in [1.29, 1.82) is 0 Å². The van der Waals surface area contributed by atoms with Gasteiger partial charge in [0.1, 0.15) is 11.6 Å². The maximum absolute atomic E-state index is 14.3. The summed E-state index contributed by atoms with van der Waals surface area (Å²) in [6.45, 7) is 4.72. The minimum absolute atomic E-state index is 0.122. The summed E-state index contributed by atoms with van der Waals surface area (Å²) in [7, 11) is 1.53. The summed E-state index contributed by atoms with van der Waals surface area (Å²) >= 11 is 7.34. The summed E-state index contributed by atoms with van der Waals surface area (Å²) in [5.41, 5.74) is 0.955. The molecule has 3 rings (SSSR count). The fraction of sp³-hybridized carbons (Fsp3) is 0.286. The number of halogens is 2. The summed E-state index contributed by atoms with van der Waals surface area (Å²) < 4.78 is 21.2. The monoisotopic (exact) mass is 448 g/mol. The van der Waals surface area contributed by atoms with Crippen molar-refractivity contribution in [3.63, 3.8) is 0 Å². The molecule has 0 aliphatic heterocycles. The second-order valence-corrected chi connectivity index (χ2v) is 8.33. The zero-order valence-electron chi connectivity index (χ0n) is 16.9. The first kappa shape index (κ1) is 22.1. The molecule has 6 nitrogen and oxygen atoms in total. The molecule has 3 aromatic rings. The van der Waals surface area contributed by atoms with E-state index in [-0.39, 0.29) is 17.5 Å². The Bertz CT molecular complexity index is 1040. The summed E-state index contributed by atoms with van der Waals surface area (Å²) in [6, 6.07) is 11.5. The van der Waals surface area contributed by atoms with Crippen molar-refractivity contribution in [3.8, 4) is 17.1 Å². The van der Waals surface area contributed by atoms with Gasteiger partial charge in [0, 0.05) is 12.2 Å². The van der Waals surface area contributed by atoms with Crippen molar-refractivity contribution >= 4 is 35.0 Å². The number of ether oxygens (including phenoxy) is 1. The number of nitrogens with zero attached hydrogens (tertiary/aromatic N) is 3. The van der Waals surface area contributed by atoms with Crippen molar-refractivity contribution in [2.24, 2.45) is 5.92 Å². The Balaban J connectivity index is 1.74. The zero-order valence-corrected chi connectivity index (χ0v) is 18.4. The average molecular weight is 449 g/mol. The van der Waals surface area contributed by atoms with Gasteiger partial charge in [0.15, 0.2) is 11.0 Å². The number of thioether (sulfide) groups is 1. The SMILES string of the molecule is COc1ccc(NC(=O)CSc2nnc(-c3ccccc3F)n2CC(C)C)cc1Cl. The Kier molecular flexibility index (Phi) is 7.33. The van der Waals surface area contributed by atoms with Crippen LogP contribution in [0.15, 0.2) is 47.6 Å². The third-order valence-electron chi connectivity index (χ3n) is 4.15. The predicted octanol–water partition coefficient (Wildman–Crippen LogP) is 5.13. The lowest BCUT2D eigenvalue weighted by Gasteiger charge is -2.13. The van der Waals surface area contributed by atoms with Crippen molar-refractivity contribution in [2.75, 3.05) is 18.2 Å². The van der Waals surface area contributed by atoms with Gasteiger partial charge in [-0.05, 0) is 36.2 Å². The summed E-state index contributed by atoms with van der Waals surface area (Å²) in [6.07, 6.45) is 0. The van der Waals surface area contributed by atoms with Gasteiger partial charge >= 0.3 is 0 Å². The van der Waals surface area contributed by atoms with Gasteiger partial charge in [-0.1, -0.05) is 49.3 Å². The first-order valence-corrected chi connectivity index (χ1v) is 10.7. The Morgan fingerprint density at radius 1 is 1.27 bits per heavy atom. The van der Waals surface area contributed by atoms with Gasteiger partial charge in [0.05, 0.1) is 23.4 Å². The number of carbonyl (C=O) groups is 1. The van der Waals surface area contributed by atoms with Gasteiger partial charge < -0.3 is 14.6 Å². The zero-order chi connectivity index (χ0) is 21.7. The van der Waals surface area contributed by atoms with Crippen LogP contribution in [0, 0.1) is 11.7 Å². The summed E-state index contributed by atoms with van der Waals surface area (Å²) in [5.74, 6) is 0.824. The van der Waals surface area contributed by atoms with Gasteiger partial charge in [0.25, 0.3) is 0 Å². The van der Waals surface area contributed by atoms with E-state index >= 15 is 0 Å². The molecule has 1 heterocycles. The molecular formula is C21H22ClFN4O2S. The molecule has 30 heavy (non-hydrogen) atoms. The van der Waals surface area contributed by atoms with Crippen LogP contribution in [-0.2, 0) is 11.3 Å². The van der Waals surface area contributed by atoms with Crippen LogP contribution in [0.1, 0.15) is 13.8 Å². The predicted molar refractivity (Wildman–Crippen MR) is 118 cm³/mol. The molecule has 1 amide bonds. The topological polar surface area (TPSA) is 69.0 Å². The van der Waals surface area contributed by atoms with Crippen LogP contribution in [0.4, 0.5) is 10.1 Å². The summed E-state index contributed by atoms with van der Waals surface area (Å²) in [5, 5.41) is 12.1. The quantitative estimate of drug-likeness (QED) is 0.483. The highest BCUT2D eigenvalue weighted by Gasteiger charge is 2.19. The number of anilines is 1. The Morgan fingerprint density at radius 2 is 2.03 bits per heavy atom. The number of hydrogen-bond donors (Lipinski definition) is 1. The molecule has 1 aromatic heterocycles. The number of amides is 1. The molecule has 0 spiro atoms. The van der Waals surface area contributed by atoms with Crippen molar-refractivity contribution in [3.05, 3.63) is 53.3 Å². The molecule has 158 valence electrons. The molecule has 2 aromatic carbocycles. The van der Waals surface area contributed by atoms with E-state index in [1.807, 2.05) is 4.57 Å². The molecule has 0 radical (unpaired) electrons. The smallest absolute Gasteiger partial charge is 0.234 e. The Labute approximate surface area is 183 Å². The molecule has 0 saturated carbocycles. The minimum atomic E-state index is -0.361. The molecular weight excluding hydrogens is 427 g/mol. The normalized spacial score (nSPS) is 11.0. The number of nitrogens with one attached hydrogen (secondary N) is 1. The molecule has 0 atom stereocenters. The van der Waals surface area contributed by atoms with Crippen LogP contribution in [0.2, 0.25) is 5.02 Å². The van der Waals surface area contributed by atoms with E-state index in [0.29, 0.717) is 45.5 Å². The van der Waals surface area contributed by atoms with E-state index in [1.165, 1.54) is 24.9 Å². The van der Waals surface area contributed by atoms with Gasteiger partial charge in [-0.3, -0.25) is 4.79 Å². The average Bonchev–Trinajstić information content (AvgIpc) is 3.08. The molecule has 0 bridgehead atoms. The highest BCUT2D eigenvalue weighted by atomic mass is 35.5. The van der Waals surface area contributed by atoms with Gasteiger partial charge in [-0.2, -0.15) is 0 Å². The number of aromatic nitrogens is 3. The van der Waals surface area contributed by atoms with Crippen LogP contribution in [0.25, 0.3) is 11.4 Å². The molecule has 0 aliphatic carbocycles. The number of benzene rings is 2. The van der Waals surface area contributed by atoms with E-state index in [2.05, 4.69) is 29.4 Å². The molecule has 1 N–H and O–H groups in total. The van der Waals surface area contributed by atoms with Crippen molar-refractivity contribution in [2.45, 2.75) is 25.5 Å². The van der Waals surface area contributed by atoms with Crippen LogP contribution in [-0.4, -0.2) is 33.5 Å². The largest absolute Gasteiger partial charge is 0.495 e. The first-order valence-electron chi connectivity index (χ1n) is 9.33. The Hall–Kier alpha value is -2.58. The second-order valence-electron chi connectivity index (χ2n) is 6.98. The van der Waals surface area contributed by atoms with Gasteiger partial charge in [-0.15, -0.1) is 10.2 Å². The second kappa shape index (κ2) is 9.95. The Morgan fingerprint density at radius 3 is 2.70 bits per heavy atom. The molecule has 0 fully saturated rings. The fourth-order valence-electron chi connectivity index (χ4n) is 2.84. The van der Waals surface area contributed by atoms with E-state index < -0.39 is 0 Å². The highest BCUT2D eigenvalue weighted by molar-refractivity contribution is 7.99. The van der Waals surface area contributed by atoms with E-state index in [0.717, 1.165) is 0 Å².